The molecule has 4 heteroatoms. The first-order chi connectivity index (χ1) is 3.80. The fraction of sp³-hybridized carbons (Fsp3) is 0. The molecule has 0 N–H and O–H groups in total. The van der Waals surface area contributed by atoms with Crippen molar-refractivity contribution in [1.29, 1.82) is 0 Å². The molecule has 1 aromatic rings. The van der Waals surface area contributed by atoms with Gasteiger partial charge in [-0.2, -0.15) is 0 Å². The van der Waals surface area contributed by atoms with Crippen LogP contribution < -0.4 is 48.3 Å². The first-order valence-electron chi connectivity index (χ1n) is 2.33. The van der Waals surface area contributed by atoms with Crippen molar-refractivity contribution in [2.45, 2.75) is 0 Å². The first kappa shape index (κ1) is 13.8. The van der Waals surface area contributed by atoms with Gasteiger partial charge < -0.3 is 18.5 Å². The first-order valence-corrected chi connectivity index (χ1v) is 3.33. The van der Waals surface area contributed by atoms with E-state index in [1.54, 1.807) is 0 Å². The summed E-state index contributed by atoms with van der Waals surface area (Å²) in [7, 11) is 6.79. The summed E-state index contributed by atoms with van der Waals surface area (Å²) in [6.07, 6.45) is 0. The van der Waals surface area contributed by atoms with E-state index in [0.29, 0.717) is 0 Å². The zero-order valence-corrected chi connectivity index (χ0v) is 8.31. The molecule has 1 aromatic carbocycles. The minimum atomic E-state index is 0. The molecule has 1 rings (SSSR count). The van der Waals surface area contributed by atoms with Crippen molar-refractivity contribution in [2.24, 2.45) is 0 Å². The van der Waals surface area contributed by atoms with E-state index in [1.807, 2.05) is 24.3 Å². The molecule has 0 aliphatic heterocycles. The molecule has 0 radical (unpaired) electrons. The van der Waals surface area contributed by atoms with Gasteiger partial charge in [0.15, 0.2) is 0 Å². The van der Waals surface area contributed by atoms with E-state index in [1.165, 1.54) is 0 Å². The topological polar surface area (TPSA) is 0 Å². The fourth-order valence-corrected chi connectivity index (χ4v) is 0.842. The van der Waals surface area contributed by atoms with Gasteiger partial charge in [0.05, 0.1) is 0 Å². The van der Waals surface area contributed by atoms with Gasteiger partial charge in [0.2, 0.25) is 0 Å². The van der Waals surface area contributed by atoms with Gasteiger partial charge in [-0.05, 0) is 0 Å². The minimum Gasteiger partial charge on any atom is -0.527 e. The molecular formula is C6H6Li2P2. The number of hydrogen-bond donors (Lipinski definition) is 0. The Labute approximate surface area is 90.7 Å². The van der Waals surface area contributed by atoms with E-state index in [4.69, 9.17) is 0 Å². The van der Waals surface area contributed by atoms with Crippen LogP contribution in [0.2, 0.25) is 0 Å². The predicted molar refractivity (Wildman–Crippen MR) is 42.3 cm³/mol. The van der Waals surface area contributed by atoms with Crippen LogP contribution in [0, 0.1) is 0 Å². The van der Waals surface area contributed by atoms with Crippen LogP contribution in [0.5, 0.6) is 0 Å². The maximum atomic E-state index is 3.39. The smallest absolute Gasteiger partial charge is 0.527 e. The van der Waals surface area contributed by atoms with Crippen LogP contribution in [0.4, 0.5) is 0 Å². The normalized spacial score (nSPS) is 7.40. The van der Waals surface area contributed by atoms with E-state index in [-0.39, 0.29) is 37.7 Å². The maximum Gasteiger partial charge on any atom is 1.00 e. The third-order valence-electron chi connectivity index (χ3n) is 0.927. The van der Waals surface area contributed by atoms with Gasteiger partial charge in [-0.25, -0.2) is 10.6 Å². The average molecular weight is 154 g/mol. The van der Waals surface area contributed by atoms with Gasteiger partial charge in [0.1, 0.15) is 0 Å². The molecule has 0 saturated heterocycles. The monoisotopic (exact) mass is 154 g/mol. The summed E-state index contributed by atoms with van der Waals surface area (Å²) in [5.41, 5.74) is 0. The molecule has 0 spiro atoms. The molecule has 0 aromatic heterocycles. The largest absolute Gasteiger partial charge is 1.00 e. The summed E-state index contributed by atoms with van der Waals surface area (Å²) in [5, 5.41) is 2.17. The molecule has 10 heavy (non-hydrogen) atoms. The SMILES string of the molecule is [Li+].[Li+].[PH-]c1ccccc1[PH-]. The summed E-state index contributed by atoms with van der Waals surface area (Å²) < 4.78 is 0. The van der Waals surface area contributed by atoms with Crippen molar-refractivity contribution in [3.63, 3.8) is 0 Å². The summed E-state index contributed by atoms with van der Waals surface area (Å²) in [5.74, 6) is 0. The molecule has 42 valence electrons. The van der Waals surface area contributed by atoms with Crippen molar-refractivity contribution in [3.8, 4) is 0 Å². The van der Waals surface area contributed by atoms with Gasteiger partial charge in [0, 0.05) is 0 Å². The van der Waals surface area contributed by atoms with Crippen LogP contribution >= 0.6 is 18.5 Å². The Hall–Kier alpha value is 1.27. The van der Waals surface area contributed by atoms with Crippen molar-refractivity contribution < 1.29 is 37.7 Å². The molecule has 0 amide bonds. The number of rotatable bonds is 0. The maximum absolute atomic E-state index is 3.39. The van der Waals surface area contributed by atoms with E-state index >= 15 is 0 Å². The number of hydrogen-bond acceptors (Lipinski definition) is 0. The molecule has 0 nitrogen and oxygen atoms in total. The second-order valence-electron chi connectivity index (χ2n) is 1.55. The van der Waals surface area contributed by atoms with Crippen molar-refractivity contribution in [3.05, 3.63) is 24.3 Å². The molecule has 0 aliphatic carbocycles. The Balaban J connectivity index is 0. The average Bonchev–Trinajstić information content (AvgIpc) is 1.77. The Kier molecular flexibility index (Phi) is 9.62. The molecule has 0 saturated carbocycles. The van der Waals surface area contributed by atoms with Gasteiger partial charge in [-0.3, -0.25) is 0 Å². The molecule has 0 heterocycles. The van der Waals surface area contributed by atoms with E-state index in [2.05, 4.69) is 18.5 Å². The van der Waals surface area contributed by atoms with Crippen LogP contribution in [0.15, 0.2) is 24.3 Å². The van der Waals surface area contributed by atoms with Crippen LogP contribution in [-0.2, 0) is 0 Å². The zero-order valence-electron chi connectivity index (χ0n) is 6.31. The molecule has 0 unspecified atom stereocenters. The van der Waals surface area contributed by atoms with Crippen LogP contribution in [-0.4, -0.2) is 0 Å². The second-order valence-corrected chi connectivity index (χ2v) is 2.62. The Morgan fingerprint density at radius 2 is 1.10 bits per heavy atom. The quantitative estimate of drug-likeness (QED) is 0.260. The van der Waals surface area contributed by atoms with E-state index in [9.17, 15) is 0 Å². The Morgan fingerprint density at radius 3 is 1.30 bits per heavy atom. The third-order valence-corrected chi connectivity index (χ3v) is 2.05. The Morgan fingerprint density at radius 1 is 0.800 bits per heavy atom. The minimum absolute atomic E-state index is 0. The second kappa shape index (κ2) is 6.95. The summed E-state index contributed by atoms with van der Waals surface area (Å²) in [6, 6.07) is 7.93. The van der Waals surface area contributed by atoms with Gasteiger partial charge >= 0.3 is 37.7 Å². The zero-order chi connectivity index (χ0) is 5.98. The van der Waals surface area contributed by atoms with Crippen LogP contribution in [0.3, 0.4) is 0 Å². The predicted octanol–water partition coefficient (Wildman–Crippen LogP) is -4.77. The van der Waals surface area contributed by atoms with Crippen LogP contribution in [0.25, 0.3) is 0 Å². The van der Waals surface area contributed by atoms with Gasteiger partial charge in [-0.1, -0.05) is 24.3 Å². The molecule has 0 fully saturated rings. The van der Waals surface area contributed by atoms with Crippen molar-refractivity contribution in [1.82, 2.24) is 0 Å². The van der Waals surface area contributed by atoms with Crippen molar-refractivity contribution in [2.75, 3.05) is 0 Å². The summed E-state index contributed by atoms with van der Waals surface area (Å²) >= 11 is 0. The molecule has 0 atom stereocenters. The molecule has 0 aliphatic rings. The van der Waals surface area contributed by atoms with Crippen LogP contribution in [0.1, 0.15) is 0 Å². The summed E-state index contributed by atoms with van der Waals surface area (Å²) in [6.45, 7) is 0. The van der Waals surface area contributed by atoms with E-state index in [0.717, 1.165) is 10.6 Å². The third kappa shape index (κ3) is 4.21. The molecular weight excluding hydrogens is 148 g/mol. The summed E-state index contributed by atoms with van der Waals surface area (Å²) in [4.78, 5) is 0. The van der Waals surface area contributed by atoms with Crippen molar-refractivity contribution >= 4 is 29.1 Å². The Bertz CT molecular complexity index is 170. The van der Waals surface area contributed by atoms with E-state index < -0.39 is 0 Å². The number of benzene rings is 1. The molecule has 0 bridgehead atoms. The fourth-order valence-electron chi connectivity index (χ4n) is 0.483. The standard InChI is InChI=1S/C6H6P2.2Li/c7-5-3-1-2-4-6(5)8;;/h1-4,7-8H;;/q-2;2*+1. The van der Waals surface area contributed by atoms with Gasteiger partial charge in [0.25, 0.3) is 0 Å². The van der Waals surface area contributed by atoms with Gasteiger partial charge in [-0.15, -0.1) is 0 Å².